The van der Waals surface area contributed by atoms with Crippen molar-refractivity contribution in [2.24, 2.45) is 0 Å². The van der Waals surface area contributed by atoms with Crippen molar-refractivity contribution in [3.63, 3.8) is 0 Å². The first-order chi connectivity index (χ1) is 9.22. The second-order valence-corrected chi connectivity index (χ2v) is 4.11. The van der Waals surface area contributed by atoms with Gasteiger partial charge in [0, 0.05) is 23.1 Å². The van der Waals surface area contributed by atoms with Crippen LogP contribution in [0.25, 0.3) is 22.9 Å². The number of benzene rings is 1. The van der Waals surface area contributed by atoms with E-state index in [1.807, 2.05) is 18.2 Å². The number of hydrogen-bond donors (Lipinski definition) is 3. The van der Waals surface area contributed by atoms with Gasteiger partial charge in [-0.05, 0) is 30.3 Å². The van der Waals surface area contributed by atoms with E-state index in [2.05, 4.69) is 20.2 Å². The van der Waals surface area contributed by atoms with Crippen LogP contribution in [0, 0.1) is 0 Å². The molecule has 94 valence electrons. The van der Waals surface area contributed by atoms with Gasteiger partial charge in [-0.15, -0.1) is 0 Å². The molecule has 0 unspecified atom stereocenters. The molecular weight excluding hydrogens is 240 g/mol. The minimum Gasteiger partial charge on any atom is -0.399 e. The first kappa shape index (κ1) is 11.2. The van der Waals surface area contributed by atoms with Crippen LogP contribution in [-0.2, 0) is 0 Å². The number of hydrogen-bond acceptors (Lipinski definition) is 5. The zero-order valence-electron chi connectivity index (χ0n) is 10.0. The van der Waals surface area contributed by atoms with Crippen molar-refractivity contribution in [3.8, 4) is 22.9 Å². The summed E-state index contributed by atoms with van der Waals surface area (Å²) < 4.78 is 0. The van der Waals surface area contributed by atoms with Crippen LogP contribution >= 0.6 is 0 Å². The van der Waals surface area contributed by atoms with Crippen LogP contribution in [0.5, 0.6) is 0 Å². The summed E-state index contributed by atoms with van der Waals surface area (Å²) in [6.07, 6.45) is 1.70. The van der Waals surface area contributed by atoms with Gasteiger partial charge < -0.3 is 11.5 Å². The second-order valence-electron chi connectivity index (χ2n) is 4.11. The zero-order chi connectivity index (χ0) is 13.2. The van der Waals surface area contributed by atoms with E-state index in [1.54, 1.807) is 24.4 Å². The molecule has 0 bridgehead atoms. The highest BCUT2D eigenvalue weighted by molar-refractivity contribution is 5.68. The number of H-pyrrole nitrogens is 1. The number of pyridine rings is 1. The summed E-state index contributed by atoms with van der Waals surface area (Å²) in [6, 6.07) is 10.8. The minimum atomic E-state index is 0.541. The average molecular weight is 252 g/mol. The molecular formula is C13H12N6. The number of aromatic nitrogens is 4. The van der Waals surface area contributed by atoms with E-state index >= 15 is 0 Å². The summed E-state index contributed by atoms with van der Waals surface area (Å²) in [7, 11) is 0. The third-order valence-corrected chi connectivity index (χ3v) is 2.63. The zero-order valence-corrected chi connectivity index (χ0v) is 10.0. The van der Waals surface area contributed by atoms with Crippen molar-refractivity contribution < 1.29 is 0 Å². The summed E-state index contributed by atoms with van der Waals surface area (Å²) in [5.41, 5.74) is 14.2. The standard InChI is InChI=1S/C13H12N6/c14-9-5-8(6-10(15)7-9)12-17-13(19-18-12)11-3-1-2-4-16-11/h1-7H,14-15H2,(H,17,18,19). The molecule has 0 saturated carbocycles. The Kier molecular flexibility index (Phi) is 2.60. The van der Waals surface area contributed by atoms with E-state index in [4.69, 9.17) is 11.5 Å². The Bertz CT molecular complexity index is 684. The maximum Gasteiger partial charge on any atom is 0.181 e. The van der Waals surface area contributed by atoms with Gasteiger partial charge in [0.1, 0.15) is 5.69 Å². The Hall–Kier alpha value is -2.89. The van der Waals surface area contributed by atoms with Gasteiger partial charge in [0.2, 0.25) is 0 Å². The first-order valence-corrected chi connectivity index (χ1v) is 5.72. The third kappa shape index (κ3) is 2.23. The van der Waals surface area contributed by atoms with Crippen molar-refractivity contribution >= 4 is 11.4 Å². The number of rotatable bonds is 2. The maximum absolute atomic E-state index is 5.76. The molecule has 2 aromatic heterocycles. The van der Waals surface area contributed by atoms with Crippen LogP contribution in [0.4, 0.5) is 11.4 Å². The van der Waals surface area contributed by atoms with Crippen LogP contribution in [-0.4, -0.2) is 20.2 Å². The number of nitrogens with one attached hydrogen (secondary N) is 1. The van der Waals surface area contributed by atoms with E-state index in [0.29, 0.717) is 23.0 Å². The SMILES string of the molecule is Nc1cc(N)cc(-c2n[nH]c(-c3ccccn3)n2)c1. The molecule has 1 aromatic carbocycles. The predicted molar refractivity (Wildman–Crippen MR) is 73.9 cm³/mol. The van der Waals surface area contributed by atoms with Crippen LogP contribution < -0.4 is 11.5 Å². The summed E-state index contributed by atoms with van der Waals surface area (Å²) in [4.78, 5) is 8.60. The Morgan fingerprint density at radius 2 is 1.79 bits per heavy atom. The van der Waals surface area contributed by atoms with Gasteiger partial charge in [0.05, 0.1) is 0 Å². The van der Waals surface area contributed by atoms with E-state index in [-0.39, 0.29) is 0 Å². The molecule has 0 atom stereocenters. The Morgan fingerprint density at radius 3 is 2.47 bits per heavy atom. The van der Waals surface area contributed by atoms with Gasteiger partial charge in [-0.1, -0.05) is 6.07 Å². The molecule has 0 saturated heterocycles. The summed E-state index contributed by atoms with van der Waals surface area (Å²) in [5.74, 6) is 1.15. The van der Waals surface area contributed by atoms with Crippen molar-refractivity contribution in [3.05, 3.63) is 42.6 Å². The number of anilines is 2. The van der Waals surface area contributed by atoms with Gasteiger partial charge in [-0.3, -0.25) is 10.1 Å². The molecule has 0 aliphatic carbocycles. The van der Waals surface area contributed by atoms with Gasteiger partial charge in [-0.25, -0.2) is 4.98 Å². The Morgan fingerprint density at radius 1 is 1.00 bits per heavy atom. The van der Waals surface area contributed by atoms with Crippen molar-refractivity contribution in [1.29, 1.82) is 0 Å². The quantitative estimate of drug-likeness (QED) is 0.602. The molecule has 6 heteroatoms. The monoisotopic (exact) mass is 252 g/mol. The molecule has 3 aromatic rings. The van der Waals surface area contributed by atoms with E-state index in [0.717, 1.165) is 11.3 Å². The lowest BCUT2D eigenvalue weighted by atomic mass is 10.1. The normalized spacial score (nSPS) is 10.5. The van der Waals surface area contributed by atoms with Gasteiger partial charge in [0.25, 0.3) is 0 Å². The van der Waals surface area contributed by atoms with Crippen LogP contribution in [0.2, 0.25) is 0 Å². The molecule has 0 aliphatic heterocycles. The lowest BCUT2D eigenvalue weighted by Crippen LogP contribution is -1.92. The summed E-state index contributed by atoms with van der Waals surface area (Å²) >= 11 is 0. The largest absolute Gasteiger partial charge is 0.399 e. The van der Waals surface area contributed by atoms with Crippen LogP contribution in [0.15, 0.2) is 42.6 Å². The smallest absolute Gasteiger partial charge is 0.181 e. The number of nitrogens with two attached hydrogens (primary N) is 2. The Labute approximate surface area is 109 Å². The maximum atomic E-state index is 5.76. The summed E-state index contributed by atoms with van der Waals surface area (Å²) in [6.45, 7) is 0. The summed E-state index contributed by atoms with van der Waals surface area (Å²) in [5, 5.41) is 7.01. The average Bonchev–Trinajstić information content (AvgIpc) is 2.88. The predicted octanol–water partition coefficient (Wildman–Crippen LogP) is 1.70. The van der Waals surface area contributed by atoms with Gasteiger partial charge >= 0.3 is 0 Å². The van der Waals surface area contributed by atoms with Crippen LogP contribution in [0.3, 0.4) is 0 Å². The number of aromatic amines is 1. The topological polar surface area (TPSA) is 106 Å². The van der Waals surface area contributed by atoms with E-state index in [1.165, 1.54) is 0 Å². The first-order valence-electron chi connectivity index (χ1n) is 5.72. The third-order valence-electron chi connectivity index (χ3n) is 2.63. The van der Waals surface area contributed by atoms with E-state index in [9.17, 15) is 0 Å². The fourth-order valence-electron chi connectivity index (χ4n) is 1.81. The fourth-order valence-corrected chi connectivity index (χ4v) is 1.81. The lowest BCUT2D eigenvalue weighted by Gasteiger charge is -2.00. The van der Waals surface area contributed by atoms with E-state index < -0.39 is 0 Å². The van der Waals surface area contributed by atoms with Crippen molar-refractivity contribution in [2.75, 3.05) is 11.5 Å². The Balaban J connectivity index is 2.02. The molecule has 2 heterocycles. The molecule has 0 spiro atoms. The molecule has 0 radical (unpaired) electrons. The highest BCUT2D eigenvalue weighted by Crippen LogP contribution is 2.23. The van der Waals surface area contributed by atoms with Crippen molar-refractivity contribution in [1.82, 2.24) is 20.2 Å². The lowest BCUT2D eigenvalue weighted by molar-refractivity contribution is 1.09. The molecule has 0 amide bonds. The molecule has 0 aliphatic rings. The van der Waals surface area contributed by atoms with Gasteiger partial charge in [-0.2, -0.15) is 5.10 Å². The number of nitrogens with zero attached hydrogens (tertiary/aromatic N) is 3. The molecule has 6 nitrogen and oxygen atoms in total. The highest BCUT2D eigenvalue weighted by Gasteiger charge is 2.09. The van der Waals surface area contributed by atoms with Crippen LogP contribution in [0.1, 0.15) is 0 Å². The van der Waals surface area contributed by atoms with Crippen molar-refractivity contribution in [2.45, 2.75) is 0 Å². The second kappa shape index (κ2) is 4.41. The minimum absolute atomic E-state index is 0.541. The fraction of sp³-hybridized carbons (Fsp3) is 0. The molecule has 0 fully saturated rings. The number of nitrogen functional groups attached to an aromatic ring is 2. The molecule has 3 rings (SSSR count). The molecule has 5 N–H and O–H groups in total. The highest BCUT2D eigenvalue weighted by atomic mass is 15.2. The molecule has 19 heavy (non-hydrogen) atoms. The van der Waals surface area contributed by atoms with Gasteiger partial charge in [0.15, 0.2) is 11.6 Å².